The fraction of sp³-hybridized carbons (Fsp3) is 0.194. The molecule has 2 atom stereocenters. The zero-order valence-electron chi connectivity index (χ0n) is 20.2. The van der Waals surface area contributed by atoms with E-state index in [9.17, 15) is 15.0 Å². The van der Waals surface area contributed by atoms with E-state index in [2.05, 4.69) is 0 Å². The number of carbonyl (C=O) groups is 1. The predicted octanol–water partition coefficient (Wildman–Crippen LogP) is 5.43. The van der Waals surface area contributed by atoms with E-state index in [1.54, 1.807) is 41.3 Å². The molecule has 4 aromatic carbocycles. The summed E-state index contributed by atoms with van der Waals surface area (Å²) in [4.78, 5) is 15.1. The lowest BCUT2D eigenvalue weighted by Gasteiger charge is -2.26. The molecule has 0 radical (unpaired) electrons. The van der Waals surface area contributed by atoms with Gasteiger partial charge >= 0.3 is 0 Å². The first-order chi connectivity index (χ1) is 17.4. The predicted molar refractivity (Wildman–Crippen MR) is 140 cm³/mol. The molecule has 1 aliphatic rings. The molecule has 1 amide bonds. The Morgan fingerprint density at radius 3 is 2.22 bits per heavy atom. The van der Waals surface area contributed by atoms with Gasteiger partial charge in [-0.05, 0) is 41.8 Å². The normalized spacial score (nSPS) is 17.6. The van der Waals surface area contributed by atoms with E-state index in [1.165, 1.54) is 0 Å². The molecule has 2 N–H and O–H groups in total. The van der Waals surface area contributed by atoms with Crippen molar-refractivity contribution in [3.05, 3.63) is 131 Å². The highest BCUT2D eigenvalue weighted by molar-refractivity contribution is 6.06. The summed E-state index contributed by atoms with van der Waals surface area (Å²) in [6, 6.07) is 32.2. The number of hydrogen-bond donors (Lipinski definition) is 2. The topological polar surface area (TPSA) is 70.0 Å². The van der Waals surface area contributed by atoms with Gasteiger partial charge in [-0.3, -0.25) is 4.79 Å². The minimum Gasteiger partial charge on any atom is -0.489 e. The van der Waals surface area contributed by atoms with Crippen molar-refractivity contribution in [2.45, 2.75) is 38.2 Å². The van der Waals surface area contributed by atoms with Gasteiger partial charge in [0.2, 0.25) is 0 Å². The molecular formula is C31H29NO4. The Morgan fingerprint density at radius 2 is 1.50 bits per heavy atom. The number of anilines is 1. The van der Waals surface area contributed by atoms with Crippen LogP contribution in [-0.4, -0.2) is 16.1 Å². The van der Waals surface area contributed by atoms with Crippen LogP contribution in [0.1, 0.15) is 40.3 Å². The number of fused-ring (bicyclic) bond motifs is 1. The minimum absolute atomic E-state index is 0.141. The summed E-state index contributed by atoms with van der Waals surface area (Å²) in [5, 5.41) is 22.6. The molecule has 1 heterocycles. The lowest BCUT2D eigenvalue weighted by molar-refractivity contribution is -0.139. The summed E-state index contributed by atoms with van der Waals surface area (Å²) in [7, 11) is 0. The molecule has 0 spiro atoms. The van der Waals surface area contributed by atoms with E-state index in [1.807, 2.05) is 73.7 Å². The Bertz CT molecular complexity index is 1340. The number of rotatable bonds is 8. The SMILES string of the molecule is Cc1ccc(CN2C(=O)C(O)(CC(O)c3ccc(OCc4ccccc4)cc3)c3ccccc32)cc1. The third-order valence-electron chi connectivity index (χ3n) is 6.70. The second kappa shape index (κ2) is 9.97. The highest BCUT2D eigenvalue weighted by Crippen LogP contribution is 2.45. The largest absolute Gasteiger partial charge is 0.489 e. The first kappa shape index (κ1) is 23.8. The number of carbonyl (C=O) groups excluding carboxylic acids is 1. The van der Waals surface area contributed by atoms with Gasteiger partial charge in [-0.25, -0.2) is 0 Å². The van der Waals surface area contributed by atoms with Crippen LogP contribution in [0.15, 0.2) is 103 Å². The van der Waals surface area contributed by atoms with E-state index >= 15 is 0 Å². The molecule has 36 heavy (non-hydrogen) atoms. The lowest BCUT2D eigenvalue weighted by Crippen LogP contribution is -2.41. The van der Waals surface area contributed by atoms with Crippen molar-refractivity contribution in [2.75, 3.05) is 4.90 Å². The van der Waals surface area contributed by atoms with Gasteiger partial charge in [0.1, 0.15) is 12.4 Å². The molecule has 0 fully saturated rings. The van der Waals surface area contributed by atoms with Gasteiger partial charge in [0, 0.05) is 12.0 Å². The number of hydrogen-bond acceptors (Lipinski definition) is 4. The molecule has 5 rings (SSSR count). The molecule has 0 bridgehead atoms. The van der Waals surface area contributed by atoms with E-state index in [4.69, 9.17) is 4.74 Å². The fourth-order valence-corrected chi connectivity index (χ4v) is 4.66. The summed E-state index contributed by atoms with van der Waals surface area (Å²) in [5.41, 5.74) is 3.16. The number of aliphatic hydroxyl groups excluding tert-OH is 1. The molecule has 182 valence electrons. The quantitative estimate of drug-likeness (QED) is 0.353. The van der Waals surface area contributed by atoms with Gasteiger partial charge in [0.25, 0.3) is 5.91 Å². The van der Waals surface area contributed by atoms with Crippen LogP contribution in [-0.2, 0) is 23.5 Å². The minimum atomic E-state index is -1.82. The van der Waals surface area contributed by atoms with Gasteiger partial charge in [-0.1, -0.05) is 90.5 Å². The highest BCUT2D eigenvalue weighted by atomic mass is 16.5. The molecular weight excluding hydrogens is 450 g/mol. The van der Waals surface area contributed by atoms with Crippen molar-refractivity contribution in [1.82, 2.24) is 0 Å². The average molecular weight is 480 g/mol. The van der Waals surface area contributed by atoms with Crippen LogP contribution in [0.2, 0.25) is 0 Å². The van der Waals surface area contributed by atoms with E-state index in [0.29, 0.717) is 35.7 Å². The molecule has 4 aromatic rings. The summed E-state index contributed by atoms with van der Waals surface area (Å²) in [6.07, 6.45) is -1.17. The van der Waals surface area contributed by atoms with Crippen molar-refractivity contribution >= 4 is 11.6 Å². The summed E-state index contributed by atoms with van der Waals surface area (Å²) >= 11 is 0. The second-order valence-corrected chi connectivity index (χ2v) is 9.32. The van der Waals surface area contributed by atoms with E-state index in [0.717, 1.165) is 16.7 Å². The molecule has 0 aliphatic carbocycles. The summed E-state index contributed by atoms with van der Waals surface area (Å²) < 4.78 is 5.83. The lowest BCUT2D eigenvalue weighted by atomic mass is 9.87. The zero-order chi connectivity index (χ0) is 25.1. The number of nitrogens with zero attached hydrogens (tertiary/aromatic N) is 1. The van der Waals surface area contributed by atoms with Crippen LogP contribution in [0.5, 0.6) is 5.75 Å². The van der Waals surface area contributed by atoms with Crippen molar-refractivity contribution in [1.29, 1.82) is 0 Å². The monoisotopic (exact) mass is 479 g/mol. The van der Waals surface area contributed by atoms with Crippen LogP contribution >= 0.6 is 0 Å². The second-order valence-electron chi connectivity index (χ2n) is 9.32. The molecule has 5 nitrogen and oxygen atoms in total. The maximum Gasteiger partial charge on any atom is 0.264 e. The molecule has 0 aromatic heterocycles. The highest BCUT2D eigenvalue weighted by Gasteiger charge is 2.50. The zero-order valence-corrected chi connectivity index (χ0v) is 20.2. The number of para-hydroxylation sites is 1. The Morgan fingerprint density at radius 1 is 0.833 bits per heavy atom. The first-order valence-electron chi connectivity index (χ1n) is 12.1. The Kier molecular flexibility index (Phi) is 6.59. The standard InChI is InChI=1S/C31H29NO4/c1-22-11-13-23(14-12-22)20-32-28-10-6-5-9-27(28)31(35,30(32)34)19-29(33)25-15-17-26(18-16-25)36-21-24-7-3-2-4-8-24/h2-18,29,33,35H,19-21H2,1H3. The molecule has 5 heteroatoms. The van der Waals surface area contributed by atoms with Crippen molar-refractivity contribution in [3.63, 3.8) is 0 Å². The Labute approximate surface area is 211 Å². The van der Waals surface area contributed by atoms with Gasteiger partial charge in [-0.15, -0.1) is 0 Å². The number of benzene rings is 4. The van der Waals surface area contributed by atoms with Crippen molar-refractivity contribution in [2.24, 2.45) is 0 Å². The summed E-state index contributed by atoms with van der Waals surface area (Å²) in [6.45, 7) is 2.81. The van der Waals surface area contributed by atoms with E-state index < -0.39 is 17.6 Å². The van der Waals surface area contributed by atoms with Crippen LogP contribution < -0.4 is 9.64 Å². The number of amides is 1. The van der Waals surface area contributed by atoms with Crippen molar-refractivity contribution < 1.29 is 19.7 Å². The van der Waals surface area contributed by atoms with Crippen LogP contribution in [0.4, 0.5) is 5.69 Å². The molecule has 2 unspecified atom stereocenters. The number of ether oxygens (including phenoxy) is 1. The Hall–Kier alpha value is -3.93. The molecule has 1 aliphatic heterocycles. The maximum atomic E-state index is 13.5. The van der Waals surface area contributed by atoms with Crippen LogP contribution in [0, 0.1) is 6.92 Å². The van der Waals surface area contributed by atoms with Gasteiger partial charge in [-0.2, -0.15) is 0 Å². The molecule has 0 saturated carbocycles. The number of aryl methyl sites for hydroxylation is 1. The fourth-order valence-electron chi connectivity index (χ4n) is 4.66. The van der Waals surface area contributed by atoms with Crippen LogP contribution in [0.3, 0.4) is 0 Å². The van der Waals surface area contributed by atoms with Gasteiger partial charge in [0.15, 0.2) is 5.60 Å². The third-order valence-corrected chi connectivity index (χ3v) is 6.70. The van der Waals surface area contributed by atoms with Gasteiger partial charge in [0.05, 0.1) is 18.3 Å². The Balaban J connectivity index is 1.31. The van der Waals surface area contributed by atoms with Crippen LogP contribution in [0.25, 0.3) is 0 Å². The third kappa shape index (κ3) is 4.76. The summed E-state index contributed by atoms with van der Waals surface area (Å²) in [5.74, 6) is 0.256. The first-order valence-corrected chi connectivity index (χ1v) is 12.1. The maximum absolute atomic E-state index is 13.5. The number of aliphatic hydroxyl groups is 2. The average Bonchev–Trinajstić information content (AvgIpc) is 3.11. The van der Waals surface area contributed by atoms with Crippen molar-refractivity contribution in [3.8, 4) is 5.75 Å². The smallest absolute Gasteiger partial charge is 0.264 e. The molecule has 0 saturated heterocycles. The van der Waals surface area contributed by atoms with Gasteiger partial charge < -0.3 is 19.8 Å². The van der Waals surface area contributed by atoms with E-state index in [-0.39, 0.29) is 6.42 Å².